The summed E-state index contributed by atoms with van der Waals surface area (Å²) in [4.78, 5) is 20.2. The number of nitrogens with one attached hydrogen (secondary N) is 1. The van der Waals surface area contributed by atoms with E-state index in [1.165, 1.54) is 6.07 Å². The first-order chi connectivity index (χ1) is 13.1. The number of nitrogens with zero attached hydrogens (tertiary/aromatic N) is 4. The van der Waals surface area contributed by atoms with Crippen molar-refractivity contribution < 1.29 is 9.18 Å². The number of pyridine rings is 1. The molecule has 0 amide bonds. The van der Waals surface area contributed by atoms with E-state index in [1.807, 2.05) is 6.07 Å². The van der Waals surface area contributed by atoms with Gasteiger partial charge in [0.05, 0.1) is 22.8 Å². The van der Waals surface area contributed by atoms with E-state index in [9.17, 15) is 9.18 Å². The number of benzene rings is 1. The van der Waals surface area contributed by atoms with E-state index in [1.54, 1.807) is 23.9 Å². The fourth-order valence-electron chi connectivity index (χ4n) is 4.10. The topological polar surface area (TPSA) is 64.7 Å². The van der Waals surface area contributed by atoms with Crippen molar-refractivity contribution in [1.29, 1.82) is 0 Å². The molecular weight excluding hydrogens is 345 g/mol. The summed E-state index contributed by atoms with van der Waals surface area (Å²) in [5.41, 5.74) is 3.14. The first-order valence-corrected chi connectivity index (χ1v) is 8.97. The van der Waals surface area contributed by atoms with Gasteiger partial charge in [-0.3, -0.25) is 4.79 Å². The van der Waals surface area contributed by atoms with Crippen molar-refractivity contribution in [3.8, 4) is 11.5 Å². The van der Waals surface area contributed by atoms with Crippen molar-refractivity contribution in [2.24, 2.45) is 7.05 Å². The van der Waals surface area contributed by atoms with Crippen molar-refractivity contribution in [3.63, 3.8) is 0 Å². The molecule has 3 aromatic heterocycles. The number of aldehydes is 1. The summed E-state index contributed by atoms with van der Waals surface area (Å²) in [6.45, 7) is 2.93. The second-order valence-electron chi connectivity index (χ2n) is 6.92. The Labute approximate surface area is 154 Å². The smallest absolute Gasteiger partial charge is 0.157 e. The minimum absolute atomic E-state index is 0.254. The molecular formula is C20H18FN5O. The van der Waals surface area contributed by atoms with Crippen LogP contribution in [0.1, 0.15) is 29.7 Å². The van der Waals surface area contributed by atoms with Crippen LogP contribution in [0.15, 0.2) is 30.5 Å². The van der Waals surface area contributed by atoms with Crippen molar-refractivity contribution in [2.45, 2.75) is 19.4 Å². The number of carbonyl (C=O) groups excluding carboxylic acids is 1. The summed E-state index contributed by atoms with van der Waals surface area (Å²) in [5, 5.41) is 4.47. The lowest BCUT2D eigenvalue weighted by Gasteiger charge is -2.27. The lowest BCUT2D eigenvalue weighted by atomic mass is 10.1. The van der Waals surface area contributed by atoms with Gasteiger partial charge in [-0.15, -0.1) is 0 Å². The van der Waals surface area contributed by atoms with Crippen LogP contribution < -0.4 is 5.32 Å². The van der Waals surface area contributed by atoms with Crippen LogP contribution in [0.4, 0.5) is 10.2 Å². The molecule has 1 aliphatic rings. The fourth-order valence-corrected chi connectivity index (χ4v) is 4.10. The molecule has 0 aliphatic carbocycles. The molecule has 1 atom stereocenters. The largest absolute Gasteiger partial charge is 0.366 e. The van der Waals surface area contributed by atoms with E-state index in [0.29, 0.717) is 23.1 Å². The normalized spacial score (nSPS) is 16.0. The third kappa shape index (κ3) is 2.14. The highest BCUT2D eigenvalue weighted by Crippen LogP contribution is 2.38. The number of hydrogen-bond acceptors (Lipinski definition) is 4. The first kappa shape index (κ1) is 16.0. The number of hydrogen-bond donors (Lipinski definition) is 1. The summed E-state index contributed by atoms with van der Waals surface area (Å²) in [6, 6.07) is 7.19. The zero-order valence-electron chi connectivity index (χ0n) is 15.0. The van der Waals surface area contributed by atoms with Crippen LogP contribution in [0.25, 0.3) is 33.5 Å². The highest BCUT2D eigenvalue weighted by atomic mass is 19.1. The van der Waals surface area contributed by atoms with Gasteiger partial charge in [0.2, 0.25) is 0 Å². The van der Waals surface area contributed by atoms with Gasteiger partial charge in [-0.05, 0) is 30.7 Å². The van der Waals surface area contributed by atoms with Crippen LogP contribution in [0.3, 0.4) is 0 Å². The molecule has 1 unspecified atom stereocenters. The predicted octanol–water partition coefficient (Wildman–Crippen LogP) is 3.92. The predicted molar refractivity (Wildman–Crippen MR) is 103 cm³/mol. The molecule has 27 heavy (non-hydrogen) atoms. The summed E-state index contributed by atoms with van der Waals surface area (Å²) >= 11 is 0. The Bertz CT molecular complexity index is 1220. The zero-order chi connectivity index (χ0) is 18.7. The van der Waals surface area contributed by atoms with Gasteiger partial charge in [-0.2, -0.15) is 0 Å². The summed E-state index contributed by atoms with van der Waals surface area (Å²) in [7, 11) is 1.81. The molecule has 136 valence electrons. The van der Waals surface area contributed by atoms with E-state index >= 15 is 0 Å². The van der Waals surface area contributed by atoms with Gasteiger partial charge >= 0.3 is 0 Å². The summed E-state index contributed by atoms with van der Waals surface area (Å²) in [6.07, 6.45) is 3.38. The number of rotatable bonds is 3. The standard InChI is InChI=1S/C20H18FN5O/c1-3-13-9-23-19-17-12(4-5-22-19)8-16(26(13)17)20-24-15-7-11(10-27)6-14(21)18(15)25(20)2/h4-8,10,13H,3,9H2,1-2H3,(H,22,23). The number of fused-ring (bicyclic) bond motifs is 1. The van der Waals surface area contributed by atoms with Gasteiger partial charge < -0.3 is 14.5 Å². The Morgan fingerprint density at radius 1 is 1.33 bits per heavy atom. The van der Waals surface area contributed by atoms with Gasteiger partial charge in [0.1, 0.15) is 17.6 Å². The van der Waals surface area contributed by atoms with E-state index in [4.69, 9.17) is 0 Å². The third-order valence-corrected chi connectivity index (χ3v) is 5.40. The Hall–Kier alpha value is -3.22. The Balaban J connectivity index is 1.85. The Kier molecular flexibility index (Phi) is 3.34. The SMILES string of the molecule is CCC1CNc2nccc3cc(-c4nc5cc(C=O)cc(F)c5n4C)n1c23. The maximum absolute atomic E-state index is 14.6. The Morgan fingerprint density at radius 2 is 2.19 bits per heavy atom. The molecule has 0 fully saturated rings. The number of aryl methyl sites for hydroxylation is 1. The van der Waals surface area contributed by atoms with Gasteiger partial charge in [0, 0.05) is 30.7 Å². The van der Waals surface area contributed by atoms with E-state index in [0.717, 1.165) is 35.4 Å². The molecule has 4 heterocycles. The molecule has 1 N–H and O–H groups in total. The molecule has 4 aromatic rings. The van der Waals surface area contributed by atoms with Crippen LogP contribution in [-0.4, -0.2) is 31.9 Å². The lowest BCUT2D eigenvalue weighted by Crippen LogP contribution is -2.24. The van der Waals surface area contributed by atoms with Crippen LogP contribution in [-0.2, 0) is 7.05 Å². The maximum Gasteiger partial charge on any atom is 0.157 e. The number of aromatic nitrogens is 4. The van der Waals surface area contributed by atoms with E-state index in [2.05, 4.69) is 32.8 Å². The van der Waals surface area contributed by atoms with Gasteiger partial charge in [-0.1, -0.05) is 6.92 Å². The minimum atomic E-state index is -0.443. The number of imidazole rings is 1. The van der Waals surface area contributed by atoms with Crippen LogP contribution in [0, 0.1) is 5.82 Å². The molecule has 0 saturated carbocycles. The highest BCUT2D eigenvalue weighted by Gasteiger charge is 2.27. The number of anilines is 1. The Morgan fingerprint density at radius 3 is 2.96 bits per heavy atom. The zero-order valence-corrected chi connectivity index (χ0v) is 15.0. The van der Waals surface area contributed by atoms with E-state index < -0.39 is 5.82 Å². The number of carbonyl (C=O) groups is 1. The highest BCUT2D eigenvalue weighted by molar-refractivity contribution is 5.95. The van der Waals surface area contributed by atoms with Crippen molar-refractivity contribution in [3.05, 3.63) is 41.8 Å². The lowest BCUT2D eigenvalue weighted by molar-refractivity contribution is 0.112. The first-order valence-electron chi connectivity index (χ1n) is 8.97. The second-order valence-corrected chi connectivity index (χ2v) is 6.92. The molecule has 0 radical (unpaired) electrons. The molecule has 1 aromatic carbocycles. The fraction of sp³-hybridized carbons (Fsp3) is 0.250. The van der Waals surface area contributed by atoms with E-state index in [-0.39, 0.29) is 11.6 Å². The van der Waals surface area contributed by atoms with Crippen molar-refractivity contribution in [1.82, 2.24) is 19.1 Å². The van der Waals surface area contributed by atoms with Crippen LogP contribution in [0.2, 0.25) is 0 Å². The molecule has 1 aliphatic heterocycles. The van der Waals surface area contributed by atoms with Crippen LogP contribution >= 0.6 is 0 Å². The quantitative estimate of drug-likeness (QED) is 0.561. The average molecular weight is 363 g/mol. The summed E-state index contributed by atoms with van der Waals surface area (Å²) < 4.78 is 18.6. The van der Waals surface area contributed by atoms with Gasteiger partial charge in [-0.25, -0.2) is 14.4 Å². The third-order valence-electron chi connectivity index (χ3n) is 5.40. The van der Waals surface area contributed by atoms with Gasteiger partial charge in [0.25, 0.3) is 0 Å². The molecule has 0 saturated heterocycles. The number of halogens is 1. The monoisotopic (exact) mass is 363 g/mol. The molecule has 5 rings (SSSR count). The summed E-state index contributed by atoms with van der Waals surface area (Å²) in [5.74, 6) is 1.09. The van der Waals surface area contributed by atoms with Crippen LogP contribution in [0.5, 0.6) is 0 Å². The molecule has 0 bridgehead atoms. The average Bonchev–Trinajstić information content (AvgIpc) is 3.22. The maximum atomic E-state index is 14.6. The molecule has 0 spiro atoms. The second kappa shape index (κ2) is 5.64. The molecule has 7 heteroatoms. The van der Waals surface area contributed by atoms with Crippen molar-refractivity contribution in [2.75, 3.05) is 11.9 Å². The molecule has 6 nitrogen and oxygen atoms in total. The van der Waals surface area contributed by atoms with Crippen molar-refractivity contribution >= 4 is 34.0 Å². The minimum Gasteiger partial charge on any atom is -0.366 e. The van der Waals surface area contributed by atoms with Gasteiger partial charge in [0.15, 0.2) is 11.6 Å².